The second kappa shape index (κ2) is 6.22. The van der Waals surface area contributed by atoms with Crippen LogP contribution in [0.2, 0.25) is 0 Å². The maximum Gasteiger partial charge on any atom is 0.246 e. The summed E-state index contributed by atoms with van der Waals surface area (Å²) < 4.78 is 0. The van der Waals surface area contributed by atoms with Crippen LogP contribution >= 0.6 is 0 Å². The molecule has 22 heavy (non-hydrogen) atoms. The van der Waals surface area contributed by atoms with Crippen molar-refractivity contribution in [2.75, 3.05) is 29.9 Å². The normalized spacial score (nSPS) is 13.6. The van der Waals surface area contributed by atoms with Gasteiger partial charge in [-0.15, -0.1) is 0 Å². The standard InChI is InChI=1S/C19H22N2O/c1-15-10-11-18-16(13-15)7-6-12-21(18)14-19(22)20(2)17-8-4-3-5-9-17/h3-5,8-11,13H,6-7,12,14H2,1-2H3. The minimum absolute atomic E-state index is 0.125. The van der Waals surface area contributed by atoms with Gasteiger partial charge in [0.1, 0.15) is 0 Å². The second-order valence-electron chi connectivity index (χ2n) is 5.95. The quantitative estimate of drug-likeness (QED) is 0.866. The van der Waals surface area contributed by atoms with Crippen LogP contribution < -0.4 is 9.80 Å². The number of rotatable bonds is 3. The first-order valence-corrected chi connectivity index (χ1v) is 7.81. The first-order valence-electron chi connectivity index (χ1n) is 7.81. The molecule has 2 aromatic rings. The molecule has 0 aliphatic carbocycles. The Morgan fingerprint density at radius 1 is 1.18 bits per heavy atom. The van der Waals surface area contributed by atoms with E-state index in [0.29, 0.717) is 6.54 Å². The molecule has 0 atom stereocenters. The van der Waals surface area contributed by atoms with E-state index in [1.165, 1.54) is 16.8 Å². The zero-order valence-corrected chi connectivity index (χ0v) is 13.2. The van der Waals surface area contributed by atoms with E-state index in [1.54, 1.807) is 4.90 Å². The highest BCUT2D eigenvalue weighted by atomic mass is 16.2. The molecule has 0 bridgehead atoms. The molecule has 3 nitrogen and oxygen atoms in total. The summed E-state index contributed by atoms with van der Waals surface area (Å²) in [6.45, 7) is 3.50. The summed E-state index contributed by atoms with van der Waals surface area (Å²) in [7, 11) is 1.84. The number of hydrogen-bond donors (Lipinski definition) is 0. The zero-order valence-electron chi connectivity index (χ0n) is 13.2. The fourth-order valence-corrected chi connectivity index (χ4v) is 3.03. The number of nitrogens with zero attached hydrogens (tertiary/aromatic N) is 2. The molecule has 114 valence electrons. The van der Waals surface area contributed by atoms with Gasteiger partial charge >= 0.3 is 0 Å². The van der Waals surface area contributed by atoms with Gasteiger partial charge in [0.15, 0.2) is 0 Å². The van der Waals surface area contributed by atoms with Gasteiger partial charge in [0, 0.05) is 25.0 Å². The highest BCUT2D eigenvalue weighted by Crippen LogP contribution is 2.28. The Morgan fingerprint density at radius 3 is 2.73 bits per heavy atom. The molecule has 1 aliphatic heterocycles. The van der Waals surface area contributed by atoms with Crippen LogP contribution in [0.25, 0.3) is 0 Å². The van der Waals surface area contributed by atoms with Gasteiger partial charge < -0.3 is 9.80 Å². The lowest BCUT2D eigenvalue weighted by atomic mass is 9.99. The number of amides is 1. The van der Waals surface area contributed by atoms with Gasteiger partial charge in [-0.25, -0.2) is 0 Å². The number of carbonyl (C=O) groups is 1. The van der Waals surface area contributed by atoms with E-state index >= 15 is 0 Å². The van der Waals surface area contributed by atoms with Gasteiger partial charge in [0.25, 0.3) is 0 Å². The summed E-state index contributed by atoms with van der Waals surface area (Å²) in [6.07, 6.45) is 2.22. The van der Waals surface area contributed by atoms with E-state index in [9.17, 15) is 4.79 Å². The molecule has 1 amide bonds. The third-order valence-electron chi connectivity index (χ3n) is 4.29. The first-order chi connectivity index (χ1) is 10.6. The van der Waals surface area contributed by atoms with Crippen molar-refractivity contribution in [2.45, 2.75) is 19.8 Å². The predicted molar refractivity (Wildman–Crippen MR) is 91.6 cm³/mol. The molecular weight excluding hydrogens is 272 g/mol. The van der Waals surface area contributed by atoms with E-state index in [4.69, 9.17) is 0 Å². The van der Waals surface area contributed by atoms with Gasteiger partial charge in [0.2, 0.25) is 5.91 Å². The van der Waals surface area contributed by atoms with Crippen molar-refractivity contribution in [3.63, 3.8) is 0 Å². The number of para-hydroxylation sites is 1. The Kier molecular flexibility index (Phi) is 4.14. The number of carbonyl (C=O) groups excluding carboxylic acids is 1. The van der Waals surface area contributed by atoms with Crippen LogP contribution in [0.3, 0.4) is 0 Å². The molecule has 2 aromatic carbocycles. The molecule has 0 saturated carbocycles. The van der Waals surface area contributed by atoms with Crippen molar-refractivity contribution >= 4 is 17.3 Å². The maximum atomic E-state index is 12.6. The first kappa shape index (κ1) is 14.6. The molecular formula is C19H22N2O. The van der Waals surface area contributed by atoms with Crippen LogP contribution in [0, 0.1) is 6.92 Å². The van der Waals surface area contributed by atoms with E-state index in [-0.39, 0.29) is 5.91 Å². The monoisotopic (exact) mass is 294 g/mol. The molecule has 1 heterocycles. The molecule has 0 unspecified atom stereocenters. The summed E-state index contributed by atoms with van der Waals surface area (Å²) in [5.41, 5.74) is 4.80. The average Bonchev–Trinajstić information content (AvgIpc) is 2.55. The summed E-state index contributed by atoms with van der Waals surface area (Å²) >= 11 is 0. The van der Waals surface area contributed by atoms with E-state index in [2.05, 4.69) is 30.0 Å². The average molecular weight is 294 g/mol. The molecule has 0 fully saturated rings. The largest absolute Gasteiger partial charge is 0.362 e. The number of aryl methyl sites for hydroxylation is 2. The van der Waals surface area contributed by atoms with Crippen molar-refractivity contribution < 1.29 is 4.79 Å². The van der Waals surface area contributed by atoms with Crippen LogP contribution in [-0.4, -0.2) is 26.0 Å². The molecule has 0 spiro atoms. The van der Waals surface area contributed by atoms with E-state index < -0.39 is 0 Å². The Hall–Kier alpha value is -2.29. The molecule has 0 N–H and O–H groups in total. The Labute approximate surface area is 132 Å². The fraction of sp³-hybridized carbons (Fsp3) is 0.316. The molecule has 0 aromatic heterocycles. The maximum absolute atomic E-state index is 12.6. The van der Waals surface area contributed by atoms with Crippen LogP contribution in [-0.2, 0) is 11.2 Å². The van der Waals surface area contributed by atoms with Crippen molar-refractivity contribution in [3.05, 3.63) is 59.7 Å². The van der Waals surface area contributed by atoms with Crippen molar-refractivity contribution in [3.8, 4) is 0 Å². The van der Waals surface area contributed by atoms with Crippen LogP contribution in [0.15, 0.2) is 48.5 Å². The van der Waals surface area contributed by atoms with E-state index in [0.717, 1.165) is 25.1 Å². The van der Waals surface area contributed by atoms with Gasteiger partial charge in [-0.1, -0.05) is 35.9 Å². The SMILES string of the molecule is Cc1ccc2c(c1)CCCN2CC(=O)N(C)c1ccccc1. The topological polar surface area (TPSA) is 23.6 Å². The number of fused-ring (bicyclic) bond motifs is 1. The summed E-state index contributed by atoms with van der Waals surface area (Å²) in [5.74, 6) is 0.125. The van der Waals surface area contributed by atoms with E-state index in [1.807, 2.05) is 37.4 Å². The third-order valence-corrected chi connectivity index (χ3v) is 4.29. The van der Waals surface area contributed by atoms with Crippen molar-refractivity contribution in [1.82, 2.24) is 0 Å². The minimum atomic E-state index is 0.125. The number of anilines is 2. The van der Waals surface area contributed by atoms with Gasteiger partial charge in [-0.3, -0.25) is 4.79 Å². The number of hydrogen-bond acceptors (Lipinski definition) is 2. The summed E-state index contributed by atoms with van der Waals surface area (Å²) in [4.78, 5) is 16.5. The van der Waals surface area contributed by atoms with Gasteiger partial charge in [-0.05, 0) is 43.5 Å². The lowest BCUT2D eigenvalue weighted by Gasteiger charge is -2.32. The second-order valence-corrected chi connectivity index (χ2v) is 5.95. The smallest absolute Gasteiger partial charge is 0.246 e. The van der Waals surface area contributed by atoms with Gasteiger partial charge in [-0.2, -0.15) is 0 Å². The number of benzene rings is 2. The Morgan fingerprint density at radius 2 is 1.95 bits per heavy atom. The highest BCUT2D eigenvalue weighted by molar-refractivity contribution is 5.96. The van der Waals surface area contributed by atoms with Crippen LogP contribution in [0.1, 0.15) is 17.5 Å². The Bertz CT molecular complexity index is 666. The highest BCUT2D eigenvalue weighted by Gasteiger charge is 2.21. The summed E-state index contributed by atoms with van der Waals surface area (Å²) in [6, 6.07) is 16.3. The lowest BCUT2D eigenvalue weighted by Crippen LogP contribution is -2.40. The van der Waals surface area contributed by atoms with Gasteiger partial charge in [0.05, 0.1) is 6.54 Å². The van der Waals surface area contributed by atoms with Crippen LogP contribution in [0.5, 0.6) is 0 Å². The molecule has 0 radical (unpaired) electrons. The minimum Gasteiger partial charge on any atom is -0.362 e. The molecule has 3 heteroatoms. The fourth-order valence-electron chi connectivity index (χ4n) is 3.03. The van der Waals surface area contributed by atoms with Crippen molar-refractivity contribution in [2.24, 2.45) is 0 Å². The molecule has 1 aliphatic rings. The third kappa shape index (κ3) is 2.98. The lowest BCUT2D eigenvalue weighted by molar-refractivity contribution is -0.117. The Balaban J connectivity index is 1.76. The van der Waals surface area contributed by atoms with Crippen molar-refractivity contribution in [1.29, 1.82) is 0 Å². The van der Waals surface area contributed by atoms with Crippen LogP contribution in [0.4, 0.5) is 11.4 Å². The predicted octanol–water partition coefficient (Wildman–Crippen LogP) is 3.41. The summed E-state index contributed by atoms with van der Waals surface area (Å²) in [5, 5.41) is 0. The zero-order chi connectivity index (χ0) is 15.5. The number of likely N-dealkylation sites (N-methyl/N-ethyl adjacent to an activating group) is 1. The molecule has 0 saturated heterocycles. The molecule has 3 rings (SSSR count).